The summed E-state index contributed by atoms with van der Waals surface area (Å²) in [5, 5.41) is 0. The fourth-order valence-electron chi connectivity index (χ4n) is 3.36. The van der Waals surface area contributed by atoms with E-state index in [1.165, 1.54) is 0 Å². The molecule has 1 aliphatic rings. The highest BCUT2D eigenvalue weighted by atomic mass is 16.2. The molecule has 0 bridgehead atoms. The van der Waals surface area contributed by atoms with Gasteiger partial charge in [-0.25, -0.2) is 0 Å². The van der Waals surface area contributed by atoms with Gasteiger partial charge in [-0.3, -0.25) is 19.5 Å². The summed E-state index contributed by atoms with van der Waals surface area (Å²) in [5.74, 6) is 0.144. The minimum absolute atomic E-state index is 0.0201. The third-order valence-electron chi connectivity index (χ3n) is 4.98. The van der Waals surface area contributed by atoms with Crippen LogP contribution in [0.25, 0.3) is 11.3 Å². The first-order valence-electron chi connectivity index (χ1n) is 9.15. The van der Waals surface area contributed by atoms with E-state index in [0.717, 1.165) is 60.9 Å². The van der Waals surface area contributed by atoms with E-state index in [1.54, 1.807) is 6.92 Å². The van der Waals surface area contributed by atoms with Crippen molar-refractivity contribution in [3.05, 3.63) is 51.6 Å². The SMILES string of the molecule is CCc1cc(-c2cccc(CN3CCN(C(C)=O)CC3)n2)c(C)[nH]c1=O. The van der Waals surface area contributed by atoms with E-state index in [9.17, 15) is 9.59 Å². The highest BCUT2D eigenvalue weighted by Crippen LogP contribution is 2.21. The van der Waals surface area contributed by atoms with Crippen LogP contribution in [0, 0.1) is 6.92 Å². The van der Waals surface area contributed by atoms with E-state index < -0.39 is 0 Å². The lowest BCUT2D eigenvalue weighted by molar-refractivity contribution is -0.130. The molecule has 138 valence electrons. The first kappa shape index (κ1) is 18.3. The molecule has 1 N–H and O–H groups in total. The summed E-state index contributed by atoms with van der Waals surface area (Å²) in [7, 11) is 0. The molecule has 3 rings (SSSR count). The zero-order valence-corrected chi connectivity index (χ0v) is 15.7. The largest absolute Gasteiger partial charge is 0.340 e. The van der Waals surface area contributed by atoms with Crippen molar-refractivity contribution >= 4 is 5.91 Å². The summed E-state index contributed by atoms with van der Waals surface area (Å²) < 4.78 is 0. The van der Waals surface area contributed by atoms with Crippen molar-refractivity contribution in [3.63, 3.8) is 0 Å². The van der Waals surface area contributed by atoms with Gasteiger partial charge in [0.15, 0.2) is 0 Å². The molecule has 0 saturated carbocycles. The molecule has 0 atom stereocenters. The lowest BCUT2D eigenvalue weighted by Gasteiger charge is -2.34. The standard InChI is InChI=1S/C20H26N4O2/c1-4-16-12-18(14(2)21-20(16)26)19-7-5-6-17(22-19)13-23-8-10-24(11-9-23)15(3)25/h5-7,12H,4,8-11,13H2,1-3H3,(H,21,26). The number of nitrogens with zero attached hydrogens (tertiary/aromatic N) is 3. The molecule has 0 spiro atoms. The Kier molecular flexibility index (Phi) is 5.52. The van der Waals surface area contributed by atoms with Crippen molar-refractivity contribution in [1.82, 2.24) is 19.8 Å². The third kappa shape index (κ3) is 4.02. The van der Waals surface area contributed by atoms with Gasteiger partial charge in [-0.05, 0) is 31.5 Å². The van der Waals surface area contributed by atoms with Crippen LogP contribution in [0.4, 0.5) is 0 Å². The molecule has 6 heteroatoms. The Morgan fingerprint density at radius 1 is 1.23 bits per heavy atom. The number of nitrogens with one attached hydrogen (secondary N) is 1. The zero-order chi connectivity index (χ0) is 18.7. The number of hydrogen-bond acceptors (Lipinski definition) is 4. The van der Waals surface area contributed by atoms with Gasteiger partial charge >= 0.3 is 0 Å². The number of rotatable bonds is 4. The van der Waals surface area contributed by atoms with E-state index >= 15 is 0 Å². The highest BCUT2D eigenvalue weighted by molar-refractivity contribution is 5.73. The number of carbonyl (C=O) groups excluding carboxylic acids is 1. The van der Waals surface area contributed by atoms with Crippen LogP contribution in [0.15, 0.2) is 29.1 Å². The predicted octanol–water partition coefficient (Wildman–Crippen LogP) is 1.97. The Morgan fingerprint density at radius 2 is 1.96 bits per heavy atom. The van der Waals surface area contributed by atoms with Gasteiger partial charge in [0, 0.05) is 56.5 Å². The Bertz CT molecular complexity index is 851. The van der Waals surface area contributed by atoms with Crippen LogP contribution in [0.3, 0.4) is 0 Å². The van der Waals surface area contributed by atoms with Crippen molar-refractivity contribution in [2.75, 3.05) is 26.2 Å². The van der Waals surface area contributed by atoms with Crippen LogP contribution < -0.4 is 5.56 Å². The summed E-state index contributed by atoms with van der Waals surface area (Å²) in [6.45, 7) is 9.55. The van der Waals surface area contributed by atoms with E-state index in [-0.39, 0.29) is 11.5 Å². The maximum absolute atomic E-state index is 11.9. The summed E-state index contributed by atoms with van der Waals surface area (Å²) in [6.07, 6.45) is 0.697. The number of amides is 1. The summed E-state index contributed by atoms with van der Waals surface area (Å²) in [6, 6.07) is 7.98. The molecule has 1 aliphatic heterocycles. The number of H-pyrrole nitrogens is 1. The molecule has 0 radical (unpaired) electrons. The highest BCUT2D eigenvalue weighted by Gasteiger charge is 2.19. The smallest absolute Gasteiger partial charge is 0.251 e. The average Bonchev–Trinajstić information content (AvgIpc) is 2.62. The quantitative estimate of drug-likeness (QED) is 0.911. The van der Waals surface area contributed by atoms with Gasteiger partial charge in [0.2, 0.25) is 5.91 Å². The number of hydrogen-bond donors (Lipinski definition) is 1. The monoisotopic (exact) mass is 354 g/mol. The molecule has 1 amide bonds. The van der Waals surface area contributed by atoms with Gasteiger partial charge < -0.3 is 9.88 Å². The van der Waals surface area contributed by atoms with Gasteiger partial charge in [-0.15, -0.1) is 0 Å². The Labute approximate surface area is 153 Å². The van der Waals surface area contributed by atoms with Crippen LogP contribution in [0.2, 0.25) is 0 Å². The van der Waals surface area contributed by atoms with Gasteiger partial charge in [0.25, 0.3) is 5.56 Å². The van der Waals surface area contributed by atoms with Gasteiger partial charge in [0.05, 0.1) is 11.4 Å². The predicted molar refractivity (Wildman–Crippen MR) is 102 cm³/mol. The molecule has 1 fully saturated rings. The van der Waals surface area contributed by atoms with Crippen molar-refractivity contribution in [2.45, 2.75) is 33.7 Å². The van der Waals surface area contributed by atoms with Crippen LogP contribution in [-0.4, -0.2) is 51.9 Å². The number of piperazine rings is 1. The molecule has 0 aliphatic carbocycles. The molecule has 2 aromatic rings. The zero-order valence-electron chi connectivity index (χ0n) is 15.7. The fourth-order valence-corrected chi connectivity index (χ4v) is 3.36. The van der Waals surface area contributed by atoms with Crippen molar-refractivity contribution in [2.24, 2.45) is 0 Å². The Morgan fingerprint density at radius 3 is 2.62 bits per heavy atom. The van der Waals surface area contributed by atoms with Crippen LogP contribution in [-0.2, 0) is 17.8 Å². The second-order valence-electron chi connectivity index (χ2n) is 6.81. The number of aromatic amines is 1. The molecule has 1 saturated heterocycles. The fraction of sp³-hybridized carbons (Fsp3) is 0.450. The Balaban J connectivity index is 1.77. The second-order valence-corrected chi connectivity index (χ2v) is 6.81. The molecule has 2 aromatic heterocycles. The molecule has 0 unspecified atom stereocenters. The first-order chi connectivity index (χ1) is 12.5. The average molecular weight is 354 g/mol. The number of pyridine rings is 2. The van der Waals surface area contributed by atoms with E-state index in [0.29, 0.717) is 6.42 Å². The van der Waals surface area contributed by atoms with Gasteiger partial charge in [-0.1, -0.05) is 13.0 Å². The summed E-state index contributed by atoms with van der Waals surface area (Å²) in [5.41, 5.74) is 4.46. The first-order valence-corrected chi connectivity index (χ1v) is 9.15. The number of aromatic nitrogens is 2. The maximum Gasteiger partial charge on any atom is 0.251 e. The second kappa shape index (κ2) is 7.83. The van der Waals surface area contributed by atoms with Gasteiger partial charge in [0.1, 0.15) is 0 Å². The van der Waals surface area contributed by atoms with E-state index in [4.69, 9.17) is 4.98 Å². The number of aryl methyl sites for hydroxylation is 2. The minimum Gasteiger partial charge on any atom is -0.340 e. The summed E-state index contributed by atoms with van der Waals surface area (Å²) >= 11 is 0. The van der Waals surface area contributed by atoms with Crippen molar-refractivity contribution < 1.29 is 4.79 Å². The van der Waals surface area contributed by atoms with E-state index in [2.05, 4.69) is 9.88 Å². The maximum atomic E-state index is 11.9. The molecule has 26 heavy (non-hydrogen) atoms. The molecule has 0 aromatic carbocycles. The van der Waals surface area contributed by atoms with Crippen molar-refractivity contribution in [1.29, 1.82) is 0 Å². The van der Waals surface area contributed by atoms with Crippen LogP contribution in [0.1, 0.15) is 30.8 Å². The molecule has 3 heterocycles. The Hall–Kier alpha value is -2.47. The van der Waals surface area contributed by atoms with Crippen LogP contribution >= 0.6 is 0 Å². The normalized spacial score (nSPS) is 15.3. The molecule has 6 nitrogen and oxygen atoms in total. The summed E-state index contributed by atoms with van der Waals surface area (Å²) in [4.78, 5) is 35.3. The lowest BCUT2D eigenvalue weighted by atomic mass is 10.1. The van der Waals surface area contributed by atoms with Crippen LogP contribution in [0.5, 0.6) is 0 Å². The molecular weight excluding hydrogens is 328 g/mol. The lowest BCUT2D eigenvalue weighted by Crippen LogP contribution is -2.47. The van der Waals surface area contributed by atoms with E-state index in [1.807, 2.05) is 43.0 Å². The number of carbonyl (C=O) groups is 1. The topological polar surface area (TPSA) is 69.3 Å². The molecular formula is C20H26N4O2. The minimum atomic E-state index is -0.0201. The third-order valence-corrected chi connectivity index (χ3v) is 4.98. The van der Waals surface area contributed by atoms with Gasteiger partial charge in [-0.2, -0.15) is 0 Å². The van der Waals surface area contributed by atoms with Crippen molar-refractivity contribution in [3.8, 4) is 11.3 Å².